The predicted octanol–water partition coefficient (Wildman–Crippen LogP) is 4.66. The van der Waals surface area contributed by atoms with Gasteiger partial charge in [0, 0.05) is 24.5 Å². The van der Waals surface area contributed by atoms with Gasteiger partial charge in [-0.3, -0.25) is 19.5 Å². The summed E-state index contributed by atoms with van der Waals surface area (Å²) in [5.41, 5.74) is -0.467. The highest BCUT2D eigenvalue weighted by Crippen LogP contribution is 2.45. The van der Waals surface area contributed by atoms with Gasteiger partial charge in [-0.05, 0) is 35.9 Å². The summed E-state index contributed by atoms with van der Waals surface area (Å²) >= 11 is 6.14. The summed E-state index contributed by atoms with van der Waals surface area (Å²) in [6.07, 6.45) is 2.81. The van der Waals surface area contributed by atoms with Crippen LogP contribution in [0.2, 0.25) is 5.02 Å². The van der Waals surface area contributed by atoms with Crippen LogP contribution in [0.3, 0.4) is 0 Å². The predicted molar refractivity (Wildman–Crippen MR) is 120 cm³/mol. The summed E-state index contributed by atoms with van der Waals surface area (Å²) in [6, 6.07) is 6.96. The fourth-order valence-corrected chi connectivity index (χ4v) is 4.03. The number of halogens is 3. The van der Waals surface area contributed by atoms with Gasteiger partial charge in [0.2, 0.25) is 0 Å². The van der Waals surface area contributed by atoms with Crippen molar-refractivity contribution in [1.82, 2.24) is 4.98 Å². The van der Waals surface area contributed by atoms with Crippen LogP contribution in [-0.4, -0.2) is 36.0 Å². The molecule has 1 fully saturated rings. The van der Waals surface area contributed by atoms with Crippen LogP contribution in [0, 0.1) is 11.6 Å². The van der Waals surface area contributed by atoms with Gasteiger partial charge in [0.25, 0.3) is 11.7 Å². The van der Waals surface area contributed by atoms with Crippen LogP contribution < -0.4 is 14.4 Å². The number of anilines is 1. The average Bonchev–Trinajstić information content (AvgIpc) is 3.10. The highest BCUT2D eigenvalue weighted by molar-refractivity contribution is 6.51. The van der Waals surface area contributed by atoms with E-state index in [1.807, 2.05) is 0 Å². The molecule has 1 aliphatic heterocycles. The molecular formula is C24H17ClF2N2O5. The van der Waals surface area contributed by atoms with Crippen LogP contribution in [0.1, 0.15) is 17.2 Å². The molecule has 3 aromatic rings. The van der Waals surface area contributed by atoms with Crippen LogP contribution in [0.4, 0.5) is 14.5 Å². The summed E-state index contributed by atoms with van der Waals surface area (Å²) in [5.74, 6) is -4.31. The number of hydrogen-bond acceptors (Lipinski definition) is 6. The number of hydrogen-bond donors (Lipinski definition) is 1. The van der Waals surface area contributed by atoms with Gasteiger partial charge in [-0.25, -0.2) is 8.78 Å². The zero-order valence-electron chi connectivity index (χ0n) is 17.9. The third-order valence-corrected chi connectivity index (χ3v) is 5.66. The minimum Gasteiger partial charge on any atom is -0.507 e. The Morgan fingerprint density at radius 2 is 1.71 bits per heavy atom. The number of ether oxygens (including phenoxy) is 2. The normalized spacial score (nSPS) is 17.2. The van der Waals surface area contributed by atoms with Crippen molar-refractivity contribution >= 4 is 34.7 Å². The van der Waals surface area contributed by atoms with E-state index in [9.17, 15) is 23.5 Å². The van der Waals surface area contributed by atoms with E-state index >= 15 is 0 Å². The van der Waals surface area contributed by atoms with E-state index < -0.39 is 40.8 Å². The lowest BCUT2D eigenvalue weighted by Crippen LogP contribution is -2.30. The number of aliphatic hydroxyl groups excluding tert-OH is 1. The second kappa shape index (κ2) is 9.11. The van der Waals surface area contributed by atoms with Gasteiger partial charge < -0.3 is 14.6 Å². The summed E-state index contributed by atoms with van der Waals surface area (Å²) in [6.45, 7) is 0. The molecule has 7 nitrogen and oxygen atoms in total. The molecule has 0 spiro atoms. The number of aromatic nitrogens is 1. The molecule has 34 heavy (non-hydrogen) atoms. The van der Waals surface area contributed by atoms with Crippen molar-refractivity contribution in [3.8, 4) is 11.5 Å². The lowest BCUT2D eigenvalue weighted by molar-refractivity contribution is -0.132. The first-order valence-electron chi connectivity index (χ1n) is 9.86. The number of Topliss-reactive ketones (excluding diaryl/α,β-unsaturated/α-hetero) is 1. The molecule has 0 aliphatic carbocycles. The number of ketones is 1. The monoisotopic (exact) mass is 486 g/mol. The summed E-state index contributed by atoms with van der Waals surface area (Å²) < 4.78 is 39.2. The highest BCUT2D eigenvalue weighted by Gasteiger charge is 2.48. The minimum absolute atomic E-state index is 0.0144. The van der Waals surface area contributed by atoms with E-state index in [-0.39, 0.29) is 27.7 Å². The maximum Gasteiger partial charge on any atom is 0.300 e. The highest BCUT2D eigenvalue weighted by atomic mass is 35.5. The number of aliphatic hydroxyl groups is 1. The fourth-order valence-electron chi connectivity index (χ4n) is 3.80. The van der Waals surface area contributed by atoms with E-state index in [4.69, 9.17) is 21.1 Å². The molecule has 0 radical (unpaired) electrons. The molecule has 1 aliphatic rings. The number of carbonyl (C=O) groups is 2. The van der Waals surface area contributed by atoms with E-state index in [0.29, 0.717) is 5.56 Å². The van der Waals surface area contributed by atoms with E-state index in [2.05, 4.69) is 4.98 Å². The Morgan fingerprint density at radius 1 is 1.03 bits per heavy atom. The maximum absolute atomic E-state index is 14.7. The first kappa shape index (κ1) is 23.2. The molecule has 1 saturated heterocycles. The zero-order chi connectivity index (χ0) is 24.6. The van der Waals surface area contributed by atoms with E-state index in [1.54, 1.807) is 0 Å². The van der Waals surface area contributed by atoms with Crippen LogP contribution >= 0.6 is 11.6 Å². The summed E-state index contributed by atoms with van der Waals surface area (Å²) in [4.78, 5) is 31.0. The third-order valence-electron chi connectivity index (χ3n) is 5.36. The molecule has 1 N–H and O–H groups in total. The van der Waals surface area contributed by atoms with Crippen molar-refractivity contribution in [2.24, 2.45) is 0 Å². The standard InChI is InChI=1S/C24H17ClF2N2O5/c1-33-18-11-15(25)19(34-2)10-14(18)22(30)20-21(12-5-7-28-8-6-12)29(24(32)23(20)31)17-9-13(26)3-4-16(17)27/h3-11,21,30H,1-2H3/b22-20+. The Morgan fingerprint density at radius 3 is 2.35 bits per heavy atom. The number of rotatable bonds is 5. The zero-order valence-corrected chi connectivity index (χ0v) is 18.6. The molecule has 1 aromatic heterocycles. The molecule has 4 rings (SSSR count). The lowest BCUT2D eigenvalue weighted by atomic mass is 9.95. The molecule has 10 heteroatoms. The third kappa shape index (κ3) is 3.84. The first-order valence-corrected chi connectivity index (χ1v) is 10.2. The fraction of sp³-hybridized carbons (Fsp3) is 0.125. The number of benzene rings is 2. The number of amides is 1. The summed E-state index contributed by atoms with van der Waals surface area (Å²) in [7, 11) is 2.69. The molecule has 2 aromatic carbocycles. The smallest absolute Gasteiger partial charge is 0.300 e. The van der Waals surface area contributed by atoms with Gasteiger partial charge >= 0.3 is 0 Å². The molecule has 0 bridgehead atoms. The molecule has 2 heterocycles. The molecule has 1 amide bonds. The molecule has 174 valence electrons. The first-order chi connectivity index (χ1) is 16.3. The van der Waals surface area contributed by atoms with Crippen molar-refractivity contribution < 1.29 is 33.0 Å². The van der Waals surface area contributed by atoms with Crippen LogP contribution in [-0.2, 0) is 9.59 Å². The maximum atomic E-state index is 14.7. The second-order valence-electron chi connectivity index (χ2n) is 7.23. The van der Waals surface area contributed by atoms with Crippen LogP contribution in [0.25, 0.3) is 5.76 Å². The molecule has 1 atom stereocenters. The Balaban J connectivity index is 2.02. The van der Waals surface area contributed by atoms with Gasteiger partial charge in [0.1, 0.15) is 28.9 Å². The number of pyridine rings is 1. The van der Waals surface area contributed by atoms with Crippen molar-refractivity contribution in [2.75, 3.05) is 19.1 Å². The average molecular weight is 487 g/mol. The minimum atomic E-state index is -1.29. The Bertz CT molecular complexity index is 1330. The number of nitrogens with zero attached hydrogens (tertiary/aromatic N) is 2. The Kier molecular flexibility index (Phi) is 6.21. The van der Waals surface area contributed by atoms with Gasteiger partial charge in [-0.15, -0.1) is 0 Å². The van der Waals surface area contributed by atoms with Gasteiger partial charge in [0.05, 0.1) is 42.1 Å². The molecular weight excluding hydrogens is 470 g/mol. The van der Waals surface area contributed by atoms with Gasteiger partial charge in [0.15, 0.2) is 0 Å². The van der Waals surface area contributed by atoms with Gasteiger partial charge in [-0.1, -0.05) is 11.6 Å². The van der Waals surface area contributed by atoms with Gasteiger partial charge in [-0.2, -0.15) is 0 Å². The van der Waals surface area contributed by atoms with Crippen LogP contribution in [0.15, 0.2) is 60.4 Å². The topological polar surface area (TPSA) is 89.0 Å². The quantitative estimate of drug-likeness (QED) is 0.320. The second-order valence-corrected chi connectivity index (χ2v) is 7.64. The molecule has 1 unspecified atom stereocenters. The SMILES string of the molecule is COc1cc(/C(O)=C2\C(=O)C(=O)N(c3cc(F)ccc3F)C2c2ccncc2)c(OC)cc1Cl. The molecule has 0 saturated carbocycles. The summed E-state index contributed by atoms with van der Waals surface area (Å²) in [5, 5.41) is 11.5. The lowest BCUT2D eigenvalue weighted by Gasteiger charge is -2.25. The van der Waals surface area contributed by atoms with Crippen molar-refractivity contribution in [1.29, 1.82) is 0 Å². The van der Waals surface area contributed by atoms with E-state index in [1.165, 1.54) is 50.9 Å². The number of carbonyl (C=O) groups excluding carboxylic acids is 2. The van der Waals surface area contributed by atoms with Crippen molar-refractivity contribution in [2.45, 2.75) is 6.04 Å². The Labute approximate surface area is 197 Å². The van der Waals surface area contributed by atoms with Crippen molar-refractivity contribution in [3.05, 3.63) is 88.2 Å². The van der Waals surface area contributed by atoms with Crippen molar-refractivity contribution in [3.63, 3.8) is 0 Å². The van der Waals surface area contributed by atoms with E-state index in [0.717, 1.165) is 23.1 Å². The largest absolute Gasteiger partial charge is 0.507 e. The Hall–Kier alpha value is -3.98. The van der Waals surface area contributed by atoms with Crippen LogP contribution in [0.5, 0.6) is 11.5 Å². The number of methoxy groups -OCH3 is 2.